The Morgan fingerprint density at radius 3 is 1.05 bits per heavy atom. The number of hydrogen-bond donors (Lipinski definition) is 0. The molecule has 0 aliphatic heterocycles. The quantitative estimate of drug-likeness (QED) is 0.0455. The predicted octanol–water partition coefficient (Wildman–Crippen LogP) is 20.2. The maximum Gasteiger partial charge on any atom is 0.387 e. The summed E-state index contributed by atoms with van der Waals surface area (Å²) in [5.41, 5.74) is 13.2. The van der Waals surface area contributed by atoms with Crippen LogP contribution in [0.1, 0.15) is 26.3 Å². The lowest BCUT2D eigenvalue weighted by atomic mass is 10.0. The van der Waals surface area contributed by atoms with Crippen molar-refractivity contribution < 1.29 is 77.1 Å². The van der Waals surface area contributed by atoms with E-state index in [1.165, 1.54) is 96.0 Å². The van der Waals surface area contributed by atoms with Crippen LogP contribution in [0.3, 0.4) is 0 Å². The number of ether oxygens (including phenoxy) is 7. The largest absolute Gasteiger partial charge is 0.497 e. The highest BCUT2D eigenvalue weighted by Gasteiger charge is 2.27. The van der Waals surface area contributed by atoms with Gasteiger partial charge in [0.15, 0.2) is 19.8 Å². The van der Waals surface area contributed by atoms with Crippen LogP contribution >= 0.6 is 34.3 Å². The van der Waals surface area contributed by atoms with E-state index in [0.29, 0.717) is 108 Å². The Bertz CT molecular complexity index is 8220. The van der Waals surface area contributed by atoms with E-state index < -0.39 is 74.6 Å². The zero-order valence-corrected chi connectivity index (χ0v) is 75.9. The fourth-order valence-electron chi connectivity index (χ4n) is 14.9. The van der Waals surface area contributed by atoms with Crippen LogP contribution in [0.15, 0.2) is 255 Å². The number of rotatable bonds is 26. The summed E-state index contributed by atoms with van der Waals surface area (Å²) in [6.07, 6.45) is -3.90. The fourth-order valence-corrected chi connectivity index (χ4v) is 16.4. The maximum absolute atomic E-state index is 13.9. The standard InChI is InChI=1S/C26H21F4N5O3.C26H23F2N5O3.C23H16F2N4O3S.C22H13ClF2N4O2S/c1-3-14-11-21(37-13-20(27)28)31-24-22(15-4-7-18(8-5-15)38-26(29)30)25(36)35(33-23(14)24)17-6-9-19-16(10-17)12-34(2)32-19;1-15(2)14-35-22-11-10-21-24(29-22)23(16-4-7-19(8-5-16)36-26(27)28)25(34)33(31-21)18-6-9-20-17(12-18)13-32(3)30-20;1-31-15-5-2-13(3-6-15)21-22-17(8-9-20(27-22)32-11-19(24)25)28-29(23(21)30)14-4-7-16-18(10-14)33-12-26-16;23-13-3-1-12(2-4-13)20-21-16(7-8-19(27-21)31-10-18(24)25)28-29(22(20)30)14-5-6-15-17(9-14)32-11-26-15/h4-12,20,26H,3,13H2,1-2H3;4-13,15,26H,14H2,1-3H3;2-10,12,19H,11H2,1H3;1-9,11,18H,10H2. The highest BCUT2D eigenvalue weighted by atomic mass is 35.5. The molecule has 0 aliphatic carbocycles. The Balaban J connectivity index is 0.000000128. The number of benzene rings is 8. The third-order valence-electron chi connectivity index (χ3n) is 21.1. The Labute approximate surface area is 790 Å². The van der Waals surface area contributed by atoms with Crippen LogP contribution in [0.5, 0.6) is 40.8 Å². The first-order chi connectivity index (χ1) is 67.0. The van der Waals surface area contributed by atoms with Gasteiger partial charge >= 0.3 is 13.2 Å². The van der Waals surface area contributed by atoms with Crippen molar-refractivity contribution in [1.82, 2.24) is 88.6 Å². The highest BCUT2D eigenvalue weighted by molar-refractivity contribution is 7.17. The molecule has 0 atom stereocenters. The summed E-state index contributed by atoms with van der Waals surface area (Å²) < 4.78 is 172. The summed E-state index contributed by atoms with van der Waals surface area (Å²) in [5, 5.41) is 29.0. The summed E-state index contributed by atoms with van der Waals surface area (Å²) in [7, 11) is 5.16. The number of aryl methyl sites for hydroxylation is 3. The van der Waals surface area contributed by atoms with E-state index in [9.17, 15) is 63.1 Å². The average Bonchev–Trinajstić information content (AvgIpc) is 1.73. The zero-order chi connectivity index (χ0) is 97.6. The number of thiazole rings is 2. The van der Waals surface area contributed by atoms with Gasteiger partial charge in [-0.25, -0.2) is 56.2 Å². The molecule has 139 heavy (non-hydrogen) atoms. The van der Waals surface area contributed by atoms with Crippen molar-refractivity contribution in [2.24, 2.45) is 20.0 Å². The van der Waals surface area contributed by atoms with Gasteiger partial charge in [-0.15, -0.1) is 22.7 Å². The van der Waals surface area contributed by atoms with Gasteiger partial charge in [-0.2, -0.15) is 66.9 Å². The molecule has 0 aliphatic rings. The molecule has 0 saturated carbocycles. The number of methoxy groups -OCH3 is 1. The summed E-state index contributed by atoms with van der Waals surface area (Å²) in [6.45, 7) is -2.06. The van der Waals surface area contributed by atoms with Gasteiger partial charge in [0, 0.05) is 66.5 Å². The number of aromatic nitrogens is 18. The fraction of sp³-hybridized carbons (Fsp3) is 0.175. The summed E-state index contributed by atoms with van der Waals surface area (Å²) in [5.74, 6) is 1.08. The van der Waals surface area contributed by atoms with Crippen LogP contribution in [0, 0.1) is 5.92 Å². The van der Waals surface area contributed by atoms with Gasteiger partial charge in [0.25, 0.3) is 41.5 Å². The third kappa shape index (κ3) is 21.3. The molecule has 8 aromatic carbocycles. The molecule has 0 bridgehead atoms. The molecule has 29 nitrogen and oxygen atoms in total. The van der Waals surface area contributed by atoms with Gasteiger partial charge in [0.2, 0.25) is 23.5 Å². The maximum atomic E-state index is 13.9. The molecule has 12 heterocycles. The zero-order valence-electron chi connectivity index (χ0n) is 73.5. The van der Waals surface area contributed by atoms with Crippen molar-refractivity contribution in [2.45, 2.75) is 59.7 Å². The van der Waals surface area contributed by atoms with Crippen LogP contribution < -0.4 is 55.4 Å². The molecule has 0 fully saturated rings. The molecule has 42 heteroatoms. The van der Waals surface area contributed by atoms with E-state index in [1.807, 2.05) is 70.4 Å². The Hall–Kier alpha value is -16.2. The van der Waals surface area contributed by atoms with Crippen molar-refractivity contribution >= 4 is 121 Å². The van der Waals surface area contributed by atoms with E-state index in [-0.39, 0.29) is 73.9 Å². The topological polar surface area (TPSA) is 317 Å². The van der Waals surface area contributed by atoms with Gasteiger partial charge in [0.05, 0.1) is 101 Å². The molecule has 0 radical (unpaired) electrons. The van der Waals surface area contributed by atoms with Crippen molar-refractivity contribution in [3.05, 3.63) is 288 Å². The second-order valence-corrected chi connectivity index (χ2v) is 33.3. The van der Waals surface area contributed by atoms with E-state index in [2.05, 4.69) is 70.0 Å². The van der Waals surface area contributed by atoms with E-state index in [0.717, 1.165) is 42.2 Å². The molecule has 12 aromatic heterocycles. The molecule has 0 saturated heterocycles. The summed E-state index contributed by atoms with van der Waals surface area (Å²) in [6, 6.07) is 57.6. The lowest BCUT2D eigenvalue weighted by molar-refractivity contribution is -0.0505. The van der Waals surface area contributed by atoms with E-state index in [1.54, 1.807) is 162 Å². The monoisotopic (exact) mass is 1950 g/mol. The minimum absolute atomic E-state index is 0.0108. The summed E-state index contributed by atoms with van der Waals surface area (Å²) in [4.78, 5) is 81.0. The lowest BCUT2D eigenvalue weighted by Gasteiger charge is -2.15. The second-order valence-electron chi connectivity index (χ2n) is 31.0. The van der Waals surface area contributed by atoms with Crippen LogP contribution in [0.2, 0.25) is 5.02 Å². The third-order valence-corrected chi connectivity index (χ3v) is 22.9. The minimum Gasteiger partial charge on any atom is -0.497 e. The average molecular weight is 1960 g/mol. The summed E-state index contributed by atoms with van der Waals surface area (Å²) >= 11 is 8.94. The lowest BCUT2D eigenvalue weighted by Crippen LogP contribution is -2.24. The predicted molar refractivity (Wildman–Crippen MR) is 506 cm³/mol. The number of pyridine rings is 4. The molecular weight excluding hydrogens is 1880 g/mol. The normalized spacial score (nSPS) is 11.6. The molecule has 0 spiro atoms. The van der Waals surface area contributed by atoms with Gasteiger partial charge in [-0.1, -0.05) is 80.9 Å². The Kier molecular flexibility index (Phi) is 28.0. The number of halogens is 11. The number of fused-ring (bicyclic) bond motifs is 8. The molecule has 0 N–H and O–H groups in total. The van der Waals surface area contributed by atoms with E-state index in [4.69, 9.17) is 35.3 Å². The molecule has 20 aromatic rings. The van der Waals surface area contributed by atoms with Crippen LogP contribution in [-0.4, -0.2) is 155 Å². The Morgan fingerprint density at radius 1 is 0.353 bits per heavy atom. The number of hydrogen-bond acceptors (Lipinski definition) is 25. The molecule has 706 valence electrons. The van der Waals surface area contributed by atoms with Crippen molar-refractivity contribution in [1.29, 1.82) is 0 Å². The van der Waals surface area contributed by atoms with Gasteiger partial charge in [-0.3, -0.25) is 28.5 Å². The van der Waals surface area contributed by atoms with Crippen LogP contribution in [0.25, 0.3) is 154 Å². The van der Waals surface area contributed by atoms with Crippen LogP contribution in [0.4, 0.5) is 43.9 Å². The molecule has 0 amide bonds. The van der Waals surface area contributed by atoms with Crippen LogP contribution in [-0.2, 0) is 20.5 Å². The smallest absolute Gasteiger partial charge is 0.387 e. The number of nitrogens with zero attached hydrogens (tertiary/aromatic N) is 18. The highest BCUT2D eigenvalue weighted by Crippen LogP contribution is 2.37. The van der Waals surface area contributed by atoms with Gasteiger partial charge < -0.3 is 33.2 Å². The van der Waals surface area contributed by atoms with Crippen molar-refractivity contribution in [3.8, 4) is 108 Å². The molecule has 20 rings (SSSR count). The van der Waals surface area contributed by atoms with Crippen molar-refractivity contribution in [3.63, 3.8) is 0 Å². The van der Waals surface area contributed by atoms with Gasteiger partial charge in [-0.05, 0) is 180 Å². The molecular formula is C97H73ClF10N18O11S2. The first-order valence-electron chi connectivity index (χ1n) is 42.2. The first-order valence-corrected chi connectivity index (χ1v) is 44.4. The second kappa shape index (κ2) is 41.2. The van der Waals surface area contributed by atoms with Crippen molar-refractivity contribution in [2.75, 3.05) is 33.5 Å². The number of alkyl halides is 10. The van der Waals surface area contributed by atoms with E-state index >= 15 is 0 Å². The van der Waals surface area contributed by atoms with Gasteiger partial charge in [0.1, 0.15) is 61.4 Å². The molecule has 0 unspecified atom stereocenters. The Morgan fingerprint density at radius 2 is 0.683 bits per heavy atom. The minimum atomic E-state index is -3.01. The first kappa shape index (κ1) is 94.6. The SMILES string of the molecule is CC(C)COc1ccc2nn(-c3ccc4nn(C)cc4c3)c(=O)c(-c3ccc(OC(F)F)cc3)c2n1.CCc1cc(OCC(F)F)nc2c(-c3ccc(OC(F)F)cc3)c(=O)n(-c3ccc4nn(C)cc4c3)nc12.COc1ccc(-c2c(=O)n(-c3ccc4ncsc4c3)nc3ccc(OCC(F)F)nc23)cc1.O=c1c(-c2ccc(Cl)cc2)c2nc(OCC(F)F)ccc2nn1-c1ccc2ncsc2c1.